The molecule has 2 aromatic rings. The topological polar surface area (TPSA) is 65.4 Å². The Balaban J connectivity index is 2.40. The molecule has 3 N–H and O–H groups in total. The van der Waals surface area contributed by atoms with Crippen molar-refractivity contribution in [1.29, 1.82) is 0 Å². The lowest BCUT2D eigenvalue weighted by Crippen LogP contribution is -2.17. The highest BCUT2D eigenvalue weighted by Crippen LogP contribution is 2.32. The van der Waals surface area contributed by atoms with Crippen LogP contribution in [-0.2, 0) is 6.54 Å². The third kappa shape index (κ3) is 2.49. The molecule has 0 spiro atoms. The molecule has 4 nitrogen and oxygen atoms in total. The number of hydrogen-bond donors (Lipinski definition) is 3. The lowest BCUT2D eigenvalue weighted by Gasteiger charge is -2.09. The highest BCUT2D eigenvalue weighted by atomic mass is 35.5. The molecule has 17 heavy (non-hydrogen) atoms. The molecule has 1 heterocycles. The number of hydrogen-bond acceptors (Lipinski definition) is 4. The molecule has 0 unspecified atom stereocenters. The third-order valence-corrected chi connectivity index (χ3v) is 2.81. The van der Waals surface area contributed by atoms with Gasteiger partial charge in [0.2, 0.25) is 0 Å². The molecule has 0 atom stereocenters. The number of pyridine rings is 1. The van der Waals surface area contributed by atoms with Gasteiger partial charge in [-0.3, -0.25) is 4.98 Å². The molecule has 0 amide bonds. The zero-order chi connectivity index (χ0) is 12.3. The molecule has 0 saturated carbocycles. The number of nitrogens with one attached hydrogen (secondary N) is 1. The van der Waals surface area contributed by atoms with Crippen LogP contribution >= 0.6 is 11.6 Å². The van der Waals surface area contributed by atoms with Crippen LogP contribution in [0.1, 0.15) is 5.56 Å². The highest BCUT2D eigenvalue weighted by Gasteiger charge is 2.10. The quantitative estimate of drug-likeness (QED) is 0.725. The van der Waals surface area contributed by atoms with Crippen molar-refractivity contribution in [2.45, 2.75) is 6.54 Å². The van der Waals surface area contributed by atoms with Crippen LogP contribution in [0.5, 0.6) is 5.75 Å². The fourth-order valence-electron chi connectivity index (χ4n) is 1.67. The summed E-state index contributed by atoms with van der Waals surface area (Å²) in [6.07, 6.45) is 1.61. The van der Waals surface area contributed by atoms with Gasteiger partial charge >= 0.3 is 0 Å². The second-order valence-electron chi connectivity index (χ2n) is 3.67. The number of phenolic OH excluding ortho intramolecular Hbond substituents is 1. The molecule has 0 aliphatic heterocycles. The minimum atomic E-state index is 0.0559. The van der Waals surface area contributed by atoms with Crippen molar-refractivity contribution >= 4 is 22.5 Å². The summed E-state index contributed by atoms with van der Waals surface area (Å²) in [7, 11) is 0. The Labute approximate surface area is 104 Å². The Morgan fingerprint density at radius 1 is 1.41 bits per heavy atom. The number of rotatable bonds is 4. The van der Waals surface area contributed by atoms with Gasteiger partial charge in [-0.1, -0.05) is 11.6 Å². The van der Waals surface area contributed by atoms with E-state index in [4.69, 9.17) is 16.7 Å². The first-order valence-electron chi connectivity index (χ1n) is 5.30. The van der Waals surface area contributed by atoms with Crippen LogP contribution in [0.2, 0.25) is 5.02 Å². The number of halogens is 1. The van der Waals surface area contributed by atoms with Crippen molar-refractivity contribution in [3.63, 3.8) is 0 Å². The molecule has 0 bridgehead atoms. The third-order valence-electron chi connectivity index (χ3n) is 2.50. The van der Waals surface area contributed by atoms with Gasteiger partial charge in [0, 0.05) is 30.2 Å². The number of aliphatic hydroxyl groups is 1. The van der Waals surface area contributed by atoms with Gasteiger partial charge in [-0.15, -0.1) is 0 Å². The van der Waals surface area contributed by atoms with E-state index in [-0.39, 0.29) is 12.4 Å². The minimum Gasteiger partial charge on any atom is -0.505 e. The smallest absolute Gasteiger partial charge is 0.146 e. The van der Waals surface area contributed by atoms with E-state index in [9.17, 15) is 5.11 Å². The van der Waals surface area contributed by atoms with Crippen molar-refractivity contribution in [1.82, 2.24) is 10.3 Å². The highest BCUT2D eigenvalue weighted by molar-refractivity contribution is 6.35. The molecular weight excluding hydrogens is 240 g/mol. The van der Waals surface area contributed by atoms with E-state index in [1.54, 1.807) is 18.3 Å². The molecule has 0 radical (unpaired) electrons. The van der Waals surface area contributed by atoms with Crippen LogP contribution < -0.4 is 5.32 Å². The predicted molar refractivity (Wildman–Crippen MR) is 67.2 cm³/mol. The Morgan fingerprint density at radius 3 is 3.00 bits per heavy atom. The lowest BCUT2D eigenvalue weighted by atomic mass is 10.1. The van der Waals surface area contributed by atoms with Crippen LogP contribution in [0.15, 0.2) is 24.4 Å². The summed E-state index contributed by atoms with van der Waals surface area (Å²) >= 11 is 6.12. The van der Waals surface area contributed by atoms with Gasteiger partial charge in [0.1, 0.15) is 11.3 Å². The lowest BCUT2D eigenvalue weighted by molar-refractivity contribution is 0.291. The summed E-state index contributed by atoms with van der Waals surface area (Å²) < 4.78 is 0. The fraction of sp³-hybridized carbons (Fsp3) is 0.250. The van der Waals surface area contributed by atoms with E-state index in [1.807, 2.05) is 6.07 Å². The molecular formula is C12H13ClN2O2. The van der Waals surface area contributed by atoms with Crippen molar-refractivity contribution in [2.24, 2.45) is 0 Å². The summed E-state index contributed by atoms with van der Waals surface area (Å²) in [6, 6.07) is 5.30. The van der Waals surface area contributed by atoms with Crippen LogP contribution in [0.25, 0.3) is 10.9 Å². The Kier molecular flexibility index (Phi) is 3.78. The largest absolute Gasteiger partial charge is 0.505 e. The summed E-state index contributed by atoms with van der Waals surface area (Å²) in [4.78, 5) is 4.12. The van der Waals surface area contributed by atoms with Gasteiger partial charge in [-0.25, -0.2) is 0 Å². The van der Waals surface area contributed by atoms with Crippen molar-refractivity contribution in [2.75, 3.05) is 13.2 Å². The molecule has 2 rings (SSSR count). The first kappa shape index (κ1) is 12.1. The number of aromatic hydroxyl groups is 1. The first-order chi connectivity index (χ1) is 8.24. The molecule has 0 saturated heterocycles. The standard InChI is InChI=1S/C12H13ClN2O2/c13-10-6-8(7-14-4-5-16)12(17)11-9(10)2-1-3-15-11/h1-3,6,14,16-17H,4-5,7H2. The monoisotopic (exact) mass is 252 g/mol. The molecule has 0 fully saturated rings. The molecule has 90 valence electrons. The number of phenols is 1. The number of fused-ring (bicyclic) bond motifs is 1. The van der Waals surface area contributed by atoms with E-state index in [1.165, 1.54) is 0 Å². The van der Waals surface area contributed by atoms with Gasteiger partial charge in [0.15, 0.2) is 0 Å². The van der Waals surface area contributed by atoms with Crippen LogP contribution in [0.4, 0.5) is 0 Å². The van der Waals surface area contributed by atoms with E-state index in [0.717, 1.165) is 5.39 Å². The number of aromatic nitrogens is 1. The fourth-order valence-corrected chi connectivity index (χ4v) is 1.96. The second-order valence-corrected chi connectivity index (χ2v) is 4.07. The average Bonchev–Trinajstić information content (AvgIpc) is 2.36. The Hall–Kier alpha value is -1.36. The maximum atomic E-state index is 10.0. The molecule has 5 heteroatoms. The second kappa shape index (κ2) is 5.31. The summed E-state index contributed by atoms with van der Waals surface area (Å²) in [5.41, 5.74) is 1.18. The molecule has 0 aliphatic rings. The zero-order valence-electron chi connectivity index (χ0n) is 9.15. The summed E-state index contributed by atoms with van der Waals surface area (Å²) in [6.45, 7) is 0.969. The van der Waals surface area contributed by atoms with E-state index < -0.39 is 0 Å². The summed E-state index contributed by atoms with van der Waals surface area (Å²) in [5, 5.41) is 23.0. The van der Waals surface area contributed by atoms with Crippen LogP contribution in [-0.4, -0.2) is 28.3 Å². The summed E-state index contributed by atoms with van der Waals surface area (Å²) in [5.74, 6) is 0.135. The normalized spacial score (nSPS) is 10.9. The van der Waals surface area contributed by atoms with E-state index in [2.05, 4.69) is 10.3 Å². The zero-order valence-corrected chi connectivity index (χ0v) is 9.91. The maximum absolute atomic E-state index is 10.0. The molecule has 1 aromatic heterocycles. The number of benzene rings is 1. The number of nitrogens with zero attached hydrogens (tertiary/aromatic N) is 1. The first-order valence-corrected chi connectivity index (χ1v) is 5.68. The van der Waals surface area contributed by atoms with E-state index in [0.29, 0.717) is 29.2 Å². The van der Waals surface area contributed by atoms with Gasteiger partial charge in [-0.2, -0.15) is 0 Å². The van der Waals surface area contributed by atoms with Gasteiger partial charge in [-0.05, 0) is 18.2 Å². The Morgan fingerprint density at radius 2 is 2.24 bits per heavy atom. The molecule has 1 aromatic carbocycles. The predicted octanol–water partition coefficient (Wildman–Crippen LogP) is 1.68. The van der Waals surface area contributed by atoms with Gasteiger partial charge in [0.25, 0.3) is 0 Å². The van der Waals surface area contributed by atoms with Crippen LogP contribution in [0.3, 0.4) is 0 Å². The molecule has 0 aliphatic carbocycles. The van der Waals surface area contributed by atoms with Crippen molar-refractivity contribution < 1.29 is 10.2 Å². The SMILES string of the molecule is OCCNCc1cc(Cl)c2cccnc2c1O. The van der Waals surface area contributed by atoms with Crippen molar-refractivity contribution in [3.05, 3.63) is 35.0 Å². The average molecular weight is 253 g/mol. The van der Waals surface area contributed by atoms with E-state index >= 15 is 0 Å². The van der Waals surface area contributed by atoms with Crippen molar-refractivity contribution in [3.8, 4) is 5.75 Å². The number of aliphatic hydroxyl groups excluding tert-OH is 1. The minimum absolute atomic E-state index is 0.0559. The van der Waals surface area contributed by atoms with Gasteiger partial charge < -0.3 is 15.5 Å². The maximum Gasteiger partial charge on any atom is 0.146 e. The van der Waals surface area contributed by atoms with Crippen LogP contribution in [0, 0.1) is 0 Å². The van der Waals surface area contributed by atoms with Gasteiger partial charge in [0.05, 0.1) is 11.6 Å². The Bertz CT molecular complexity index is 531.